The summed E-state index contributed by atoms with van der Waals surface area (Å²) in [5.41, 5.74) is 8.29. The molecular formula is C28H26O2. The zero-order chi connectivity index (χ0) is 21.1. The summed E-state index contributed by atoms with van der Waals surface area (Å²) in [6.45, 7) is 6.79. The number of hydrogen-bond donors (Lipinski definition) is 0. The van der Waals surface area contributed by atoms with E-state index in [0.717, 1.165) is 33.4 Å². The van der Waals surface area contributed by atoms with E-state index < -0.39 is 0 Å². The molecule has 1 aromatic carbocycles. The van der Waals surface area contributed by atoms with Crippen LogP contribution in [-0.4, -0.2) is 12.6 Å². The molecule has 0 N–H and O–H groups in total. The standard InChI is InChI=1S/C28H26O2/c1-19(2)23-14-13-20(3)26-25(17-23)22(15-16-24-18-30-28(29)27(24)26)12-8-7-11-21-9-5-4-6-10-21/h4-17,19H,18H2,1-3H3/b11-7+,12-8+. The predicted molar refractivity (Wildman–Crippen MR) is 124 cm³/mol. The van der Waals surface area contributed by atoms with Crippen LogP contribution in [-0.2, 0) is 9.53 Å². The molecule has 0 aromatic heterocycles. The molecule has 0 spiro atoms. The van der Waals surface area contributed by atoms with Crippen molar-refractivity contribution in [3.05, 3.63) is 124 Å². The van der Waals surface area contributed by atoms with Gasteiger partial charge < -0.3 is 4.74 Å². The van der Waals surface area contributed by atoms with Crippen LogP contribution in [0.5, 0.6) is 0 Å². The van der Waals surface area contributed by atoms with Crippen LogP contribution < -0.4 is 0 Å². The van der Waals surface area contributed by atoms with E-state index in [-0.39, 0.29) is 5.97 Å². The largest absolute Gasteiger partial charge is 0.457 e. The second kappa shape index (κ2) is 8.54. The molecule has 30 heavy (non-hydrogen) atoms. The van der Waals surface area contributed by atoms with Crippen LogP contribution in [0.15, 0.2) is 118 Å². The quantitative estimate of drug-likeness (QED) is 0.434. The molecule has 0 bridgehead atoms. The lowest BCUT2D eigenvalue weighted by molar-refractivity contribution is -0.135. The molecule has 1 saturated heterocycles. The van der Waals surface area contributed by atoms with Gasteiger partial charge in [0.2, 0.25) is 0 Å². The fraction of sp³-hybridized carbons (Fsp3) is 0.179. The van der Waals surface area contributed by atoms with Crippen molar-refractivity contribution < 1.29 is 9.53 Å². The highest BCUT2D eigenvalue weighted by Crippen LogP contribution is 2.40. The van der Waals surface area contributed by atoms with Crippen molar-refractivity contribution in [2.75, 3.05) is 6.61 Å². The summed E-state index contributed by atoms with van der Waals surface area (Å²) in [4.78, 5) is 12.6. The summed E-state index contributed by atoms with van der Waals surface area (Å²) in [6.07, 6.45) is 18.9. The lowest BCUT2D eigenvalue weighted by atomic mass is 9.87. The molecule has 3 aliphatic rings. The molecule has 1 heterocycles. The maximum atomic E-state index is 12.6. The first kappa shape index (κ1) is 19.9. The molecule has 0 saturated carbocycles. The normalized spacial score (nSPS) is 18.9. The number of rotatable bonds is 4. The molecule has 1 aliphatic heterocycles. The van der Waals surface area contributed by atoms with Gasteiger partial charge in [0, 0.05) is 11.1 Å². The van der Waals surface area contributed by atoms with Crippen LogP contribution in [0.25, 0.3) is 6.08 Å². The molecule has 0 atom stereocenters. The Hall–Kier alpha value is -3.39. The highest BCUT2D eigenvalue weighted by atomic mass is 16.5. The fourth-order valence-electron chi connectivity index (χ4n) is 3.85. The zero-order valence-electron chi connectivity index (χ0n) is 17.7. The Kier molecular flexibility index (Phi) is 5.67. The number of ether oxygens (including phenoxy) is 1. The molecule has 0 amide bonds. The molecule has 0 unspecified atom stereocenters. The van der Waals surface area contributed by atoms with Gasteiger partial charge in [-0.25, -0.2) is 4.79 Å². The minimum absolute atomic E-state index is 0.231. The van der Waals surface area contributed by atoms with Crippen molar-refractivity contribution in [3.63, 3.8) is 0 Å². The van der Waals surface area contributed by atoms with Crippen molar-refractivity contribution in [1.82, 2.24) is 0 Å². The van der Waals surface area contributed by atoms with E-state index in [0.29, 0.717) is 18.1 Å². The predicted octanol–water partition coefficient (Wildman–Crippen LogP) is 6.44. The summed E-state index contributed by atoms with van der Waals surface area (Å²) in [5.74, 6) is 0.158. The summed E-state index contributed by atoms with van der Waals surface area (Å²) >= 11 is 0. The topological polar surface area (TPSA) is 26.3 Å². The maximum absolute atomic E-state index is 12.6. The lowest BCUT2D eigenvalue weighted by Gasteiger charge is -2.15. The van der Waals surface area contributed by atoms with Crippen molar-refractivity contribution >= 4 is 12.0 Å². The van der Waals surface area contributed by atoms with Gasteiger partial charge in [-0.1, -0.05) is 98.9 Å². The Bertz CT molecular complexity index is 1110. The van der Waals surface area contributed by atoms with E-state index in [9.17, 15) is 4.79 Å². The van der Waals surface area contributed by atoms with E-state index in [1.165, 1.54) is 5.57 Å². The minimum Gasteiger partial charge on any atom is -0.457 e. The van der Waals surface area contributed by atoms with Gasteiger partial charge >= 0.3 is 5.97 Å². The summed E-state index contributed by atoms with van der Waals surface area (Å²) in [5, 5.41) is 0. The molecule has 2 heteroatoms. The number of cyclic esters (lactones) is 1. The van der Waals surface area contributed by atoms with Gasteiger partial charge in [0.15, 0.2) is 0 Å². The van der Waals surface area contributed by atoms with Gasteiger partial charge in [-0.05, 0) is 40.7 Å². The van der Waals surface area contributed by atoms with E-state index >= 15 is 0 Å². The van der Waals surface area contributed by atoms with Crippen molar-refractivity contribution in [2.24, 2.45) is 5.92 Å². The van der Waals surface area contributed by atoms with Crippen LogP contribution in [0.1, 0.15) is 26.3 Å². The fourth-order valence-corrected chi connectivity index (χ4v) is 3.85. The van der Waals surface area contributed by atoms with E-state index in [2.05, 4.69) is 81.5 Å². The first-order chi connectivity index (χ1) is 14.5. The number of fused-ring (bicyclic) bond motifs is 2. The molecule has 0 radical (unpaired) electrons. The molecule has 1 aromatic rings. The molecule has 2 nitrogen and oxygen atoms in total. The summed E-state index contributed by atoms with van der Waals surface area (Å²) < 4.78 is 5.36. The Morgan fingerprint density at radius 2 is 1.70 bits per heavy atom. The van der Waals surface area contributed by atoms with E-state index in [1.54, 1.807) is 0 Å². The Morgan fingerprint density at radius 1 is 0.933 bits per heavy atom. The van der Waals surface area contributed by atoms with E-state index in [1.807, 2.05) is 24.3 Å². The molecule has 4 rings (SSSR count). The van der Waals surface area contributed by atoms with Crippen LogP contribution in [0.3, 0.4) is 0 Å². The van der Waals surface area contributed by atoms with E-state index in [4.69, 9.17) is 4.74 Å². The summed E-state index contributed by atoms with van der Waals surface area (Å²) in [6, 6.07) is 10.2. The number of benzene rings is 1. The Balaban J connectivity index is 1.78. The highest BCUT2D eigenvalue weighted by molar-refractivity contribution is 6.00. The third-order valence-corrected chi connectivity index (χ3v) is 5.55. The van der Waals surface area contributed by atoms with Gasteiger partial charge in [0.25, 0.3) is 0 Å². The van der Waals surface area contributed by atoms with Gasteiger partial charge in [-0.3, -0.25) is 0 Å². The first-order valence-electron chi connectivity index (χ1n) is 10.4. The smallest absolute Gasteiger partial charge is 0.339 e. The average Bonchev–Trinajstić information content (AvgIpc) is 2.91. The van der Waals surface area contributed by atoms with Crippen LogP contribution in [0.4, 0.5) is 0 Å². The molecule has 1 fully saturated rings. The first-order valence-corrected chi connectivity index (χ1v) is 10.4. The molecule has 2 aliphatic carbocycles. The second-order valence-electron chi connectivity index (χ2n) is 8.00. The second-order valence-corrected chi connectivity index (χ2v) is 8.00. The number of carbonyl (C=O) groups excluding carboxylic acids is 1. The van der Waals surface area contributed by atoms with Gasteiger partial charge in [0.05, 0.1) is 5.57 Å². The van der Waals surface area contributed by atoms with Crippen molar-refractivity contribution in [3.8, 4) is 0 Å². The minimum atomic E-state index is -0.231. The monoisotopic (exact) mass is 394 g/mol. The third-order valence-electron chi connectivity index (χ3n) is 5.55. The van der Waals surface area contributed by atoms with Crippen molar-refractivity contribution in [1.29, 1.82) is 0 Å². The van der Waals surface area contributed by atoms with Gasteiger partial charge in [-0.15, -0.1) is 0 Å². The van der Waals surface area contributed by atoms with Gasteiger partial charge in [-0.2, -0.15) is 0 Å². The zero-order valence-corrected chi connectivity index (χ0v) is 17.7. The summed E-state index contributed by atoms with van der Waals surface area (Å²) in [7, 11) is 0. The SMILES string of the molecule is CC1=CC=C(C(C)C)C=C2C(/C=C/C=C/c3ccccc3)=CC=C3COC(=O)C3=C12. The number of hydrogen-bond acceptors (Lipinski definition) is 2. The lowest BCUT2D eigenvalue weighted by Crippen LogP contribution is -2.04. The molecule has 150 valence electrons. The average molecular weight is 395 g/mol. The Morgan fingerprint density at radius 3 is 2.47 bits per heavy atom. The maximum Gasteiger partial charge on any atom is 0.339 e. The molecular weight excluding hydrogens is 368 g/mol. The van der Waals surface area contributed by atoms with Gasteiger partial charge in [0.1, 0.15) is 6.61 Å². The van der Waals surface area contributed by atoms with Crippen LogP contribution in [0, 0.1) is 5.92 Å². The number of esters is 1. The van der Waals surface area contributed by atoms with Crippen molar-refractivity contribution in [2.45, 2.75) is 20.8 Å². The Labute approximate surface area is 178 Å². The number of carbonyl (C=O) groups is 1. The number of allylic oxidation sites excluding steroid dienone is 13. The highest BCUT2D eigenvalue weighted by Gasteiger charge is 2.32. The van der Waals surface area contributed by atoms with Crippen LogP contribution >= 0.6 is 0 Å². The van der Waals surface area contributed by atoms with Crippen LogP contribution in [0.2, 0.25) is 0 Å². The third kappa shape index (κ3) is 3.99.